The quantitative estimate of drug-likeness (QED) is 0.830. The summed E-state index contributed by atoms with van der Waals surface area (Å²) in [5, 5.41) is 17.4. The van der Waals surface area contributed by atoms with E-state index in [-0.39, 0.29) is 6.42 Å². The summed E-state index contributed by atoms with van der Waals surface area (Å²) in [7, 11) is 0. The molecule has 0 aliphatic carbocycles. The summed E-state index contributed by atoms with van der Waals surface area (Å²) < 4.78 is 0. The molecule has 0 heterocycles. The molecule has 0 aliphatic rings. The molecular weight excluding hydrogens is 268 g/mol. The Morgan fingerprint density at radius 1 is 1.11 bits per heavy atom. The number of rotatable bonds is 4. The van der Waals surface area contributed by atoms with Crippen LogP contribution in [-0.4, -0.2) is 22.2 Å². The number of benzene rings is 1. The van der Waals surface area contributed by atoms with Crippen LogP contribution < -0.4 is 0 Å². The molecule has 0 spiro atoms. The summed E-state index contributed by atoms with van der Waals surface area (Å²) >= 11 is 5.75. The maximum atomic E-state index is 10.2. The van der Waals surface area contributed by atoms with E-state index in [1.807, 2.05) is 26.0 Å². The fourth-order valence-electron chi connectivity index (χ4n) is 1.56. The van der Waals surface area contributed by atoms with Gasteiger partial charge in [0, 0.05) is 5.02 Å². The molecule has 0 atom stereocenters. The molecule has 0 radical (unpaired) electrons. The molecule has 0 unspecified atom stereocenters. The molecule has 4 nitrogen and oxygen atoms in total. The van der Waals surface area contributed by atoms with Gasteiger partial charge in [-0.3, -0.25) is 9.59 Å². The monoisotopic (exact) mass is 286 g/mol. The molecule has 0 aromatic heterocycles. The van der Waals surface area contributed by atoms with Crippen molar-refractivity contribution in [2.45, 2.75) is 33.6 Å². The van der Waals surface area contributed by atoms with Crippen LogP contribution in [0.15, 0.2) is 18.2 Å². The van der Waals surface area contributed by atoms with Gasteiger partial charge in [-0.05, 0) is 43.5 Å². The second-order valence-electron chi connectivity index (χ2n) is 4.32. The zero-order valence-corrected chi connectivity index (χ0v) is 12.1. The molecule has 0 aliphatic heterocycles. The van der Waals surface area contributed by atoms with Crippen molar-refractivity contribution in [3.05, 3.63) is 34.3 Å². The van der Waals surface area contributed by atoms with E-state index in [9.17, 15) is 9.59 Å². The Kier molecular flexibility index (Phi) is 7.84. The van der Waals surface area contributed by atoms with E-state index in [2.05, 4.69) is 6.07 Å². The Balaban J connectivity index is 0.000000342. The Hall–Kier alpha value is -1.55. The lowest BCUT2D eigenvalue weighted by Gasteiger charge is -2.02. The van der Waals surface area contributed by atoms with Crippen molar-refractivity contribution in [3.63, 3.8) is 0 Å². The first-order valence-corrected chi connectivity index (χ1v) is 6.35. The minimum absolute atomic E-state index is 0.199. The van der Waals surface area contributed by atoms with Crippen LogP contribution >= 0.6 is 11.6 Å². The van der Waals surface area contributed by atoms with Crippen LogP contribution in [0, 0.1) is 19.8 Å². The van der Waals surface area contributed by atoms with E-state index >= 15 is 0 Å². The van der Waals surface area contributed by atoms with Gasteiger partial charge in [0.2, 0.25) is 0 Å². The number of carboxylic acid groups (broad SMARTS) is 2. The topological polar surface area (TPSA) is 74.6 Å². The number of carbonyl (C=O) groups is 2. The number of aliphatic carboxylic acids is 2. The molecule has 1 aromatic carbocycles. The molecule has 0 saturated carbocycles. The standard InChI is InChI=1S/C8H9Cl.C6H10O4/c1-6-3-7(2)5-8(9)4-6;1-2-3-4(5(7)8)6(9)10/h3-5H,1-2H3;4H,2-3H2,1H3,(H,7,8)(H,9,10). The maximum absolute atomic E-state index is 10.2. The van der Waals surface area contributed by atoms with E-state index < -0.39 is 17.9 Å². The molecule has 0 fully saturated rings. The second kappa shape index (κ2) is 8.53. The molecule has 0 amide bonds. The highest BCUT2D eigenvalue weighted by Gasteiger charge is 2.23. The van der Waals surface area contributed by atoms with E-state index in [0.717, 1.165) is 5.02 Å². The summed E-state index contributed by atoms with van der Waals surface area (Å²) in [6.07, 6.45) is 0.772. The lowest BCUT2D eigenvalue weighted by Crippen LogP contribution is -2.22. The van der Waals surface area contributed by atoms with E-state index in [1.165, 1.54) is 11.1 Å². The smallest absolute Gasteiger partial charge is 0.317 e. The minimum Gasteiger partial charge on any atom is -0.481 e. The van der Waals surface area contributed by atoms with Crippen molar-refractivity contribution in [2.24, 2.45) is 5.92 Å². The van der Waals surface area contributed by atoms with Gasteiger partial charge in [0.15, 0.2) is 5.92 Å². The van der Waals surface area contributed by atoms with Gasteiger partial charge in [-0.25, -0.2) is 0 Å². The highest BCUT2D eigenvalue weighted by atomic mass is 35.5. The summed E-state index contributed by atoms with van der Waals surface area (Å²) in [6, 6.07) is 6.01. The molecular formula is C14H19ClO4. The van der Waals surface area contributed by atoms with Gasteiger partial charge in [-0.1, -0.05) is 31.0 Å². The molecule has 2 N–H and O–H groups in total. The largest absolute Gasteiger partial charge is 0.481 e. The van der Waals surface area contributed by atoms with Gasteiger partial charge in [-0.15, -0.1) is 0 Å². The normalized spacial score (nSPS) is 9.74. The number of aryl methyl sites for hydroxylation is 2. The van der Waals surface area contributed by atoms with Crippen LogP contribution in [0.3, 0.4) is 0 Å². The molecule has 19 heavy (non-hydrogen) atoms. The van der Waals surface area contributed by atoms with Crippen LogP contribution in [0.25, 0.3) is 0 Å². The summed E-state index contributed by atoms with van der Waals surface area (Å²) in [5.74, 6) is -3.74. The fraction of sp³-hybridized carbons (Fsp3) is 0.429. The third-order valence-corrected chi connectivity index (χ3v) is 2.58. The van der Waals surface area contributed by atoms with Crippen molar-refractivity contribution in [3.8, 4) is 0 Å². The molecule has 106 valence electrons. The Morgan fingerprint density at radius 3 is 1.74 bits per heavy atom. The average Bonchev–Trinajstić information content (AvgIpc) is 2.23. The summed E-state index contributed by atoms with van der Waals surface area (Å²) in [5.41, 5.74) is 2.44. The van der Waals surface area contributed by atoms with Crippen molar-refractivity contribution in [2.75, 3.05) is 0 Å². The Bertz CT molecular complexity index is 379. The van der Waals surface area contributed by atoms with Crippen molar-refractivity contribution in [1.82, 2.24) is 0 Å². The first-order chi connectivity index (χ1) is 8.77. The van der Waals surface area contributed by atoms with Gasteiger partial charge in [-0.2, -0.15) is 0 Å². The van der Waals surface area contributed by atoms with Gasteiger partial charge in [0.1, 0.15) is 0 Å². The first kappa shape index (κ1) is 17.4. The minimum atomic E-state index is -1.26. The van der Waals surface area contributed by atoms with Gasteiger partial charge in [0.25, 0.3) is 0 Å². The van der Waals surface area contributed by atoms with Crippen LogP contribution in [-0.2, 0) is 9.59 Å². The fourth-order valence-corrected chi connectivity index (χ4v) is 1.90. The second-order valence-corrected chi connectivity index (χ2v) is 4.76. The van der Waals surface area contributed by atoms with Crippen LogP contribution in [0.1, 0.15) is 30.9 Å². The zero-order valence-electron chi connectivity index (χ0n) is 11.3. The SMILES string of the molecule is CCCC(C(=O)O)C(=O)O.Cc1cc(C)cc(Cl)c1. The zero-order chi connectivity index (χ0) is 15.0. The third-order valence-electron chi connectivity index (χ3n) is 2.36. The summed E-state index contributed by atoms with van der Waals surface area (Å²) in [4.78, 5) is 20.3. The average molecular weight is 287 g/mol. The predicted molar refractivity (Wildman–Crippen MR) is 74.6 cm³/mol. The Labute approximate surface area is 118 Å². The van der Waals surface area contributed by atoms with Crippen molar-refractivity contribution in [1.29, 1.82) is 0 Å². The lowest BCUT2D eigenvalue weighted by molar-refractivity contribution is -0.154. The number of hydrogen-bond acceptors (Lipinski definition) is 2. The molecule has 1 rings (SSSR count). The van der Waals surface area contributed by atoms with E-state index in [1.54, 1.807) is 6.92 Å². The molecule has 0 saturated heterocycles. The number of carboxylic acids is 2. The van der Waals surface area contributed by atoms with Crippen LogP contribution in [0.5, 0.6) is 0 Å². The van der Waals surface area contributed by atoms with E-state index in [0.29, 0.717) is 6.42 Å². The molecule has 5 heteroatoms. The van der Waals surface area contributed by atoms with E-state index in [4.69, 9.17) is 21.8 Å². The highest BCUT2D eigenvalue weighted by Crippen LogP contribution is 2.12. The van der Waals surface area contributed by atoms with Crippen LogP contribution in [0.2, 0.25) is 5.02 Å². The maximum Gasteiger partial charge on any atom is 0.317 e. The molecule has 0 bridgehead atoms. The highest BCUT2D eigenvalue weighted by molar-refractivity contribution is 6.30. The lowest BCUT2D eigenvalue weighted by atomic mass is 10.1. The predicted octanol–water partition coefficient (Wildman–Crippen LogP) is 3.53. The third kappa shape index (κ3) is 7.47. The van der Waals surface area contributed by atoms with Crippen LogP contribution in [0.4, 0.5) is 0 Å². The van der Waals surface area contributed by atoms with Gasteiger partial charge >= 0.3 is 11.9 Å². The van der Waals surface area contributed by atoms with Gasteiger partial charge < -0.3 is 10.2 Å². The van der Waals surface area contributed by atoms with Crippen molar-refractivity contribution < 1.29 is 19.8 Å². The first-order valence-electron chi connectivity index (χ1n) is 5.97. The Morgan fingerprint density at radius 2 is 1.53 bits per heavy atom. The summed E-state index contributed by atoms with van der Waals surface area (Å²) in [6.45, 7) is 5.83. The number of halogens is 1. The molecule has 1 aromatic rings. The van der Waals surface area contributed by atoms with Crippen molar-refractivity contribution >= 4 is 23.5 Å². The number of hydrogen-bond donors (Lipinski definition) is 2. The van der Waals surface area contributed by atoms with Gasteiger partial charge in [0.05, 0.1) is 0 Å².